The van der Waals surface area contributed by atoms with Crippen molar-refractivity contribution in [1.29, 1.82) is 0 Å². The smallest absolute Gasteiger partial charge is 0.272 e. The first kappa shape index (κ1) is 18.5. The standard InChI is InChI=1S/C20H25F2N3O/c1-2-12-25-19(10-11-23-25)20(26)24-13-4-5-15(14-24)8-9-16-17(21)6-3-7-18(16)22/h3,6-7,10-11,15H,2,4-5,8-9,12-14H2,1H3/t15-/m0/s1. The highest BCUT2D eigenvalue weighted by molar-refractivity contribution is 5.92. The number of rotatable bonds is 6. The normalized spacial score (nSPS) is 17.5. The molecule has 0 N–H and O–H groups in total. The van der Waals surface area contributed by atoms with Crippen molar-refractivity contribution in [1.82, 2.24) is 14.7 Å². The summed E-state index contributed by atoms with van der Waals surface area (Å²) in [5, 5.41) is 4.22. The lowest BCUT2D eigenvalue weighted by atomic mass is 9.91. The van der Waals surface area contributed by atoms with Gasteiger partial charge in [-0.15, -0.1) is 0 Å². The molecule has 1 amide bonds. The van der Waals surface area contributed by atoms with Crippen LogP contribution in [0.4, 0.5) is 8.78 Å². The summed E-state index contributed by atoms with van der Waals surface area (Å²) in [5.41, 5.74) is 0.768. The van der Waals surface area contributed by atoms with Crippen molar-refractivity contribution in [3.8, 4) is 0 Å². The molecule has 0 spiro atoms. The number of aryl methyl sites for hydroxylation is 1. The first-order valence-electron chi connectivity index (χ1n) is 9.34. The number of aromatic nitrogens is 2. The number of hydrogen-bond donors (Lipinski definition) is 0. The minimum absolute atomic E-state index is 0.00211. The Balaban J connectivity index is 1.62. The summed E-state index contributed by atoms with van der Waals surface area (Å²) in [6.45, 7) is 4.12. The molecule has 0 bridgehead atoms. The molecule has 0 unspecified atom stereocenters. The van der Waals surface area contributed by atoms with E-state index in [4.69, 9.17) is 0 Å². The van der Waals surface area contributed by atoms with Crippen molar-refractivity contribution in [2.75, 3.05) is 13.1 Å². The first-order chi connectivity index (χ1) is 12.6. The van der Waals surface area contributed by atoms with Gasteiger partial charge in [0, 0.05) is 31.4 Å². The molecule has 1 saturated heterocycles. The summed E-state index contributed by atoms with van der Waals surface area (Å²) >= 11 is 0. The number of benzene rings is 1. The monoisotopic (exact) mass is 361 g/mol. The third-order valence-corrected chi connectivity index (χ3v) is 5.04. The topological polar surface area (TPSA) is 38.1 Å². The number of piperidine rings is 1. The van der Waals surface area contributed by atoms with Crippen molar-refractivity contribution in [3.05, 3.63) is 53.4 Å². The van der Waals surface area contributed by atoms with Crippen LogP contribution >= 0.6 is 0 Å². The van der Waals surface area contributed by atoms with E-state index >= 15 is 0 Å². The molecule has 0 radical (unpaired) electrons. The van der Waals surface area contributed by atoms with Crippen LogP contribution in [0, 0.1) is 17.6 Å². The lowest BCUT2D eigenvalue weighted by Gasteiger charge is -2.33. The number of nitrogens with zero attached hydrogens (tertiary/aromatic N) is 3. The molecule has 4 nitrogen and oxygen atoms in total. The van der Waals surface area contributed by atoms with Gasteiger partial charge >= 0.3 is 0 Å². The van der Waals surface area contributed by atoms with Crippen LogP contribution in [0.15, 0.2) is 30.5 Å². The molecule has 26 heavy (non-hydrogen) atoms. The van der Waals surface area contributed by atoms with Gasteiger partial charge in [-0.1, -0.05) is 13.0 Å². The van der Waals surface area contributed by atoms with E-state index < -0.39 is 11.6 Å². The molecule has 1 aromatic carbocycles. The van der Waals surface area contributed by atoms with E-state index in [0.717, 1.165) is 32.4 Å². The molecule has 6 heteroatoms. The molecule has 140 valence electrons. The molecule has 0 saturated carbocycles. The fraction of sp³-hybridized carbons (Fsp3) is 0.500. The van der Waals surface area contributed by atoms with E-state index in [1.165, 1.54) is 18.2 Å². The van der Waals surface area contributed by atoms with Crippen LogP contribution in [0.5, 0.6) is 0 Å². The highest BCUT2D eigenvalue weighted by atomic mass is 19.1. The van der Waals surface area contributed by atoms with E-state index in [-0.39, 0.29) is 17.4 Å². The van der Waals surface area contributed by atoms with Crippen LogP contribution in [-0.2, 0) is 13.0 Å². The summed E-state index contributed by atoms with van der Waals surface area (Å²) in [6.07, 6.45) is 5.51. The SMILES string of the molecule is CCCn1nccc1C(=O)N1CCC[C@@H](CCc2c(F)cccc2F)C1. The highest BCUT2D eigenvalue weighted by Crippen LogP contribution is 2.24. The van der Waals surface area contributed by atoms with E-state index in [0.29, 0.717) is 25.1 Å². The quantitative estimate of drug-likeness (QED) is 0.778. The van der Waals surface area contributed by atoms with Crippen LogP contribution in [0.25, 0.3) is 0 Å². The molecule has 1 aliphatic rings. The zero-order valence-corrected chi connectivity index (χ0v) is 15.1. The van der Waals surface area contributed by atoms with Crippen molar-refractivity contribution < 1.29 is 13.6 Å². The van der Waals surface area contributed by atoms with Gasteiger partial charge < -0.3 is 4.90 Å². The molecule has 1 atom stereocenters. The van der Waals surface area contributed by atoms with Gasteiger partial charge in [-0.3, -0.25) is 9.48 Å². The second-order valence-corrected chi connectivity index (χ2v) is 6.94. The van der Waals surface area contributed by atoms with E-state index in [2.05, 4.69) is 12.0 Å². The minimum Gasteiger partial charge on any atom is -0.337 e. The number of carbonyl (C=O) groups is 1. The molecule has 1 fully saturated rings. The van der Waals surface area contributed by atoms with Crippen LogP contribution in [0.1, 0.15) is 48.7 Å². The fourth-order valence-electron chi connectivity index (χ4n) is 3.67. The maximum Gasteiger partial charge on any atom is 0.272 e. The molecular formula is C20H25F2N3O. The predicted octanol–water partition coefficient (Wildman–Crippen LogP) is 4.06. The summed E-state index contributed by atoms with van der Waals surface area (Å²) in [4.78, 5) is 14.7. The molecular weight excluding hydrogens is 336 g/mol. The lowest BCUT2D eigenvalue weighted by molar-refractivity contribution is 0.0655. The van der Waals surface area contributed by atoms with Crippen LogP contribution in [0.3, 0.4) is 0 Å². The van der Waals surface area contributed by atoms with Crippen molar-refractivity contribution >= 4 is 5.91 Å². The van der Waals surface area contributed by atoms with Gasteiger partial charge in [0.2, 0.25) is 0 Å². The number of hydrogen-bond acceptors (Lipinski definition) is 2. The van der Waals surface area contributed by atoms with Gasteiger partial charge in [0.1, 0.15) is 17.3 Å². The van der Waals surface area contributed by atoms with Crippen molar-refractivity contribution in [2.24, 2.45) is 5.92 Å². The van der Waals surface area contributed by atoms with Gasteiger partial charge in [-0.2, -0.15) is 5.10 Å². The zero-order chi connectivity index (χ0) is 18.5. The van der Waals surface area contributed by atoms with E-state index in [1.807, 2.05) is 4.90 Å². The van der Waals surface area contributed by atoms with Gasteiger partial charge in [0.05, 0.1) is 0 Å². The summed E-state index contributed by atoms with van der Waals surface area (Å²) in [7, 11) is 0. The van der Waals surface area contributed by atoms with Gasteiger partial charge in [0.15, 0.2) is 0 Å². The van der Waals surface area contributed by atoms with Crippen LogP contribution in [0.2, 0.25) is 0 Å². The molecule has 1 aliphatic heterocycles. The Kier molecular flexibility index (Phi) is 6.01. The zero-order valence-electron chi connectivity index (χ0n) is 15.1. The molecule has 2 aromatic rings. The largest absolute Gasteiger partial charge is 0.337 e. The predicted molar refractivity (Wildman–Crippen MR) is 95.8 cm³/mol. The molecule has 1 aromatic heterocycles. The first-order valence-corrected chi connectivity index (χ1v) is 9.34. The van der Waals surface area contributed by atoms with Gasteiger partial charge in [0.25, 0.3) is 5.91 Å². The second kappa shape index (κ2) is 8.43. The Bertz CT molecular complexity index is 739. The number of amides is 1. The van der Waals surface area contributed by atoms with Gasteiger partial charge in [-0.05, 0) is 56.2 Å². The Morgan fingerprint density at radius 2 is 2.04 bits per heavy atom. The lowest BCUT2D eigenvalue weighted by Crippen LogP contribution is -2.41. The van der Waals surface area contributed by atoms with Crippen molar-refractivity contribution in [2.45, 2.75) is 45.6 Å². The van der Waals surface area contributed by atoms with E-state index in [1.54, 1.807) is 16.9 Å². The average molecular weight is 361 g/mol. The average Bonchev–Trinajstić information content (AvgIpc) is 3.09. The molecule has 3 rings (SSSR count). The van der Waals surface area contributed by atoms with Crippen LogP contribution < -0.4 is 0 Å². The summed E-state index contributed by atoms with van der Waals surface area (Å²) in [6, 6.07) is 5.74. The number of halogens is 2. The summed E-state index contributed by atoms with van der Waals surface area (Å²) < 4.78 is 29.3. The fourth-order valence-corrected chi connectivity index (χ4v) is 3.67. The maximum atomic E-state index is 13.8. The van der Waals surface area contributed by atoms with E-state index in [9.17, 15) is 13.6 Å². The Labute approximate surface area is 152 Å². The van der Waals surface area contributed by atoms with Crippen LogP contribution in [-0.4, -0.2) is 33.7 Å². The Hall–Kier alpha value is -2.24. The third kappa shape index (κ3) is 4.11. The minimum atomic E-state index is -0.489. The molecule has 2 heterocycles. The Morgan fingerprint density at radius 1 is 1.27 bits per heavy atom. The maximum absolute atomic E-state index is 13.8. The number of likely N-dealkylation sites (tertiary alicyclic amines) is 1. The Morgan fingerprint density at radius 3 is 2.77 bits per heavy atom. The van der Waals surface area contributed by atoms with Crippen molar-refractivity contribution in [3.63, 3.8) is 0 Å². The number of carbonyl (C=O) groups excluding carboxylic acids is 1. The third-order valence-electron chi connectivity index (χ3n) is 5.04. The van der Waals surface area contributed by atoms with Gasteiger partial charge in [-0.25, -0.2) is 8.78 Å². The highest BCUT2D eigenvalue weighted by Gasteiger charge is 2.26. The second-order valence-electron chi connectivity index (χ2n) is 6.94. The molecule has 0 aliphatic carbocycles. The summed E-state index contributed by atoms with van der Waals surface area (Å²) in [5.74, 6) is -0.721.